The highest BCUT2D eigenvalue weighted by Crippen LogP contribution is 2.24. The first-order valence-electron chi connectivity index (χ1n) is 6.96. The summed E-state index contributed by atoms with van der Waals surface area (Å²) in [4.78, 5) is 19.5. The van der Waals surface area contributed by atoms with E-state index >= 15 is 0 Å². The summed E-state index contributed by atoms with van der Waals surface area (Å²) in [7, 11) is 1.60. The molecule has 2 N–H and O–H groups in total. The summed E-state index contributed by atoms with van der Waals surface area (Å²) in [5.74, 6) is 0.127. The number of amides is 1. The molecule has 0 radical (unpaired) electrons. The minimum atomic E-state index is -0.526. The predicted molar refractivity (Wildman–Crippen MR) is 101 cm³/mol. The van der Waals surface area contributed by atoms with E-state index in [2.05, 4.69) is 15.3 Å². The summed E-state index contributed by atoms with van der Waals surface area (Å²) in [6, 6.07) is 9.53. The molecule has 5 nitrogen and oxygen atoms in total. The van der Waals surface area contributed by atoms with Gasteiger partial charge >= 0.3 is 0 Å². The molecule has 0 aliphatic rings. The number of aromatic amines is 1. The molecule has 0 atom stereocenters. The Morgan fingerprint density at radius 3 is 2.88 bits per heavy atom. The van der Waals surface area contributed by atoms with E-state index in [1.165, 1.54) is 30.0 Å². The van der Waals surface area contributed by atoms with Gasteiger partial charge in [0.25, 0.3) is 0 Å². The summed E-state index contributed by atoms with van der Waals surface area (Å²) in [6.07, 6.45) is 0. The van der Waals surface area contributed by atoms with E-state index in [1.807, 2.05) is 18.2 Å². The number of carbonyl (C=O) groups is 1. The van der Waals surface area contributed by atoms with Crippen molar-refractivity contribution in [3.63, 3.8) is 0 Å². The monoisotopic (exact) mass is 401 g/mol. The molecule has 1 amide bonds. The van der Waals surface area contributed by atoms with Gasteiger partial charge in [0.2, 0.25) is 5.91 Å². The highest BCUT2D eigenvalue weighted by atomic mass is 35.5. The number of fused-ring (bicyclic) bond motifs is 1. The fourth-order valence-corrected chi connectivity index (χ4v) is 2.93. The fourth-order valence-electron chi connectivity index (χ4n) is 2.07. The zero-order valence-corrected chi connectivity index (χ0v) is 15.4. The largest absolute Gasteiger partial charge is 0.497 e. The van der Waals surface area contributed by atoms with E-state index in [9.17, 15) is 9.18 Å². The normalized spacial score (nSPS) is 10.4. The standard InChI is InChI=1S/C16H13ClFN3O2S.ClH/c1-23-10-3-5-13-14(7-10)21-16(20-13)24-8-15(22)19-9-2-4-12(18)11(17)6-9;/h2-7H,8H2,1H3,(H,19,22)(H,20,21);1H. The van der Waals surface area contributed by atoms with Crippen LogP contribution in [0.5, 0.6) is 5.75 Å². The number of anilines is 1. The Bertz CT molecular complexity index is 904. The summed E-state index contributed by atoms with van der Waals surface area (Å²) in [5, 5.41) is 3.25. The minimum Gasteiger partial charge on any atom is -0.497 e. The highest BCUT2D eigenvalue weighted by Gasteiger charge is 2.09. The maximum atomic E-state index is 13.1. The quantitative estimate of drug-likeness (QED) is 0.616. The van der Waals surface area contributed by atoms with E-state index in [-0.39, 0.29) is 29.1 Å². The van der Waals surface area contributed by atoms with E-state index in [0.717, 1.165) is 16.8 Å². The lowest BCUT2D eigenvalue weighted by molar-refractivity contribution is -0.113. The summed E-state index contributed by atoms with van der Waals surface area (Å²) < 4.78 is 18.2. The van der Waals surface area contributed by atoms with Crippen LogP contribution >= 0.6 is 35.8 Å². The van der Waals surface area contributed by atoms with Gasteiger partial charge in [0, 0.05) is 11.8 Å². The van der Waals surface area contributed by atoms with Crippen LogP contribution in [0.25, 0.3) is 11.0 Å². The molecule has 0 aliphatic heterocycles. The van der Waals surface area contributed by atoms with Crippen LogP contribution in [0.2, 0.25) is 5.02 Å². The first kappa shape index (κ1) is 19.4. The molecule has 2 aromatic carbocycles. The van der Waals surface area contributed by atoms with Crippen molar-refractivity contribution in [3.05, 3.63) is 47.2 Å². The molecule has 0 spiro atoms. The van der Waals surface area contributed by atoms with Gasteiger partial charge in [-0.1, -0.05) is 23.4 Å². The number of H-pyrrole nitrogens is 1. The van der Waals surface area contributed by atoms with Gasteiger partial charge in [0.05, 0.1) is 28.9 Å². The van der Waals surface area contributed by atoms with Crippen LogP contribution in [0.15, 0.2) is 41.6 Å². The smallest absolute Gasteiger partial charge is 0.234 e. The molecular weight excluding hydrogens is 388 g/mol. The van der Waals surface area contributed by atoms with Crippen LogP contribution in [-0.2, 0) is 4.79 Å². The van der Waals surface area contributed by atoms with Crippen LogP contribution in [-0.4, -0.2) is 28.7 Å². The number of hydrogen-bond acceptors (Lipinski definition) is 4. The number of rotatable bonds is 5. The summed E-state index contributed by atoms with van der Waals surface area (Å²) in [5.41, 5.74) is 2.08. The predicted octanol–water partition coefficient (Wildman–Crippen LogP) is 4.52. The molecule has 0 saturated heterocycles. The number of thioether (sulfide) groups is 1. The maximum absolute atomic E-state index is 13.1. The van der Waals surface area contributed by atoms with Crippen LogP contribution in [0.4, 0.5) is 10.1 Å². The van der Waals surface area contributed by atoms with Crippen molar-refractivity contribution in [2.45, 2.75) is 5.16 Å². The Morgan fingerprint density at radius 2 is 2.16 bits per heavy atom. The Kier molecular flexibility index (Phi) is 6.52. The SMILES string of the molecule is COc1ccc2nc(SCC(=O)Nc3ccc(F)c(Cl)c3)[nH]c2c1.Cl. The number of hydrogen-bond donors (Lipinski definition) is 2. The van der Waals surface area contributed by atoms with Gasteiger partial charge < -0.3 is 15.0 Å². The molecule has 9 heteroatoms. The number of nitrogens with one attached hydrogen (secondary N) is 2. The van der Waals surface area contributed by atoms with E-state index in [1.54, 1.807) is 7.11 Å². The topological polar surface area (TPSA) is 67.0 Å². The molecule has 0 unspecified atom stereocenters. The van der Waals surface area contributed by atoms with E-state index in [4.69, 9.17) is 16.3 Å². The van der Waals surface area contributed by atoms with Gasteiger partial charge in [-0.15, -0.1) is 12.4 Å². The van der Waals surface area contributed by atoms with E-state index < -0.39 is 5.82 Å². The number of carbonyl (C=O) groups excluding carboxylic acids is 1. The molecule has 0 bridgehead atoms. The number of imidazole rings is 1. The van der Waals surface area contributed by atoms with Gasteiger partial charge in [-0.25, -0.2) is 9.37 Å². The molecule has 3 aromatic rings. The van der Waals surface area contributed by atoms with Crippen molar-refractivity contribution in [3.8, 4) is 5.75 Å². The minimum absolute atomic E-state index is 0. The van der Waals surface area contributed by atoms with Crippen molar-refractivity contribution in [2.75, 3.05) is 18.2 Å². The first-order valence-corrected chi connectivity index (χ1v) is 8.33. The second-order valence-corrected chi connectivity index (χ2v) is 6.26. The number of halogens is 3. The molecule has 0 aliphatic carbocycles. The average molecular weight is 402 g/mol. The Morgan fingerprint density at radius 1 is 1.36 bits per heavy atom. The molecule has 1 heterocycles. The van der Waals surface area contributed by atoms with Crippen molar-refractivity contribution < 1.29 is 13.9 Å². The number of nitrogens with zero attached hydrogens (tertiary/aromatic N) is 1. The van der Waals surface area contributed by atoms with Gasteiger partial charge in [-0.05, 0) is 30.3 Å². The van der Waals surface area contributed by atoms with Gasteiger partial charge in [0.1, 0.15) is 11.6 Å². The summed E-state index contributed by atoms with van der Waals surface area (Å²) >= 11 is 6.95. The molecule has 25 heavy (non-hydrogen) atoms. The first-order chi connectivity index (χ1) is 11.5. The Labute approximate surface area is 158 Å². The zero-order chi connectivity index (χ0) is 17.1. The number of methoxy groups -OCH3 is 1. The third kappa shape index (κ3) is 4.78. The lowest BCUT2D eigenvalue weighted by atomic mass is 10.3. The fraction of sp³-hybridized carbons (Fsp3) is 0.125. The molecule has 0 saturated carbocycles. The third-order valence-corrected chi connectivity index (χ3v) is 4.37. The maximum Gasteiger partial charge on any atom is 0.234 e. The second-order valence-electron chi connectivity index (χ2n) is 4.89. The van der Waals surface area contributed by atoms with Crippen LogP contribution < -0.4 is 10.1 Å². The molecule has 132 valence electrons. The van der Waals surface area contributed by atoms with Crippen LogP contribution in [0.3, 0.4) is 0 Å². The third-order valence-electron chi connectivity index (χ3n) is 3.21. The number of ether oxygens (including phenoxy) is 1. The van der Waals surface area contributed by atoms with Crippen molar-refractivity contribution in [1.29, 1.82) is 0 Å². The Hall–Kier alpha value is -1.96. The molecule has 0 fully saturated rings. The molecular formula is C16H14Cl2FN3O2S. The van der Waals surface area contributed by atoms with Crippen LogP contribution in [0, 0.1) is 5.82 Å². The lowest BCUT2D eigenvalue weighted by Crippen LogP contribution is -2.14. The Balaban J connectivity index is 0.00000225. The zero-order valence-electron chi connectivity index (χ0n) is 13.0. The number of aromatic nitrogens is 2. The molecule has 1 aromatic heterocycles. The van der Waals surface area contributed by atoms with Crippen molar-refractivity contribution >= 4 is 58.4 Å². The van der Waals surface area contributed by atoms with Gasteiger partial charge in [-0.3, -0.25) is 4.79 Å². The van der Waals surface area contributed by atoms with Gasteiger partial charge in [0.15, 0.2) is 5.16 Å². The number of benzene rings is 2. The average Bonchev–Trinajstić information content (AvgIpc) is 2.98. The van der Waals surface area contributed by atoms with Crippen LogP contribution in [0.1, 0.15) is 0 Å². The second kappa shape index (κ2) is 8.42. The van der Waals surface area contributed by atoms with E-state index in [0.29, 0.717) is 10.8 Å². The van der Waals surface area contributed by atoms with Crippen molar-refractivity contribution in [1.82, 2.24) is 9.97 Å². The molecule has 3 rings (SSSR count). The van der Waals surface area contributed by atoms with Crippen molar-refractivity contribution in [2.24, 2.45) is 0 Å². The highest BCUT2D eigenvalue weighted by molar-refractivity contribution is 7.99. The van der Waals surface area contributed by atoms with Gasteiger partial charge in [-0.2, -0.15) is 0 Å². The lowest BCUT2D eigenvalue weighted by Gasteiger charge is -2.05. The summed E-state index contributed by atoms with van der Waals surface area (Å²) in [6.45, 7) is 0.